The van der Waals surface area contributed by atoms with E-state index in [4.69, 9.17) is 19.6 Å². The van der Waals surface area contributed by atoms with Crippen molar-refractivity contribution in [2.45, 2.75) is 108 Å². The largest absolute Gasteiger partial charge is 0.481 e. The number of hydrogen-bond donors (Lipinski definition) is 1. The van der Waals surface area contributed by atoms with Crippen molar-refractivity contribution in [3.05, 3.63) is 37.0 Å². The molecule has 2 fully saturated rings. The molecule has 4 atom stereocenters. The molecule has 0 spiro atoms. The first-order valence-corrected chi connectivity index (χ1v) is 11.3. The zero-order chi connectivity index (χ0) is 20.7. The Kier molecular flexibility index (Phi) is 12.0. The Bertz CT molecular complexity index is 519. The van der Waals surface area contributed by atoms with E-state index in [1.807, 2.05) is 6.08 Å². The number of ether oxygens (including phenoxy) is 1. The molecule has 2 aliphatic heterocycles. The van der Waals surface area contributed by atoms with Crippen molar-refractivity contribution < 1.29 is 24.4 Å². The van der Waals surface area contributed by atoms with E-state index in [2.05, 4.69) is 30.9 Å². The van der Waals surface area contributed by atoms with Gasteiger partial charge in [0.25, 0.3) is 0 Å². The SMILES string of the molecule is C=CCC/C=C/C=C\CCCCCC[C@@H]1CC[C@@H]([C@@H]2CC[C@@H](CC(=O)O)OO2)O1. The molecule has 1 N–H and O–H groups in total. The molecular formula is C24H38O5. The van der Waals surface area contributed by atoms with Gasteiger partial charge in [-0.3, -0.25) is 4.79 Å². The highest BCUT2D eigenvalue weighted by Gasteiger charge is 2.36. The summed E-state index contributed by atoms with van der Waals surface area (Å²) in [4.78, 5) is 21.4. The zero-order valence-corrected chi connectivity index (χ0v) is 17.7. The van der Waals surface area contributed by atoms with Gasteiger partial charge in [0.1, 0.15) is 12.2 Å². The van der Waals surface area contributed by atoms with Gasteiger partial charge in [0.05, 0.1) is 18.6 Å². The lowest BCUT2D eigenvalue weighted by Gasteiger charge is -2.30. The Morgan fingerprint density at radius 1 is 0.862 bits per heavy atom. The van der Waals surface area contributed by atoms with Crippen molar-refractivity contribution in [2.24, 2.45) is 0 Å². The first-order chi connectivity index (χ1) is 14.2. The number of carbonyl (C=O) groups is 1. The molecule has 2 heterocycles. The van der Waals surface area contributed by atoms with Crippen molar-refractivity contribution in [3.8, 4) is 0 Å². The van der Waals surface area contributed by atoms with Gasteiger partial charge in [-0.25, -0.2) is 9.78 Å². The average Bonchev–Trinajstić information content (AvgIpc) is 3.18. The normalized spacial score (nSPS) is 27.7. The van der Waals surface area contributed by atoms with Crippen LogP contribution in [0.25, 0.3) is 0 Å². The Morgan fingerprint density at radius 2 is 1.59 bits per heavy atom. The van der Waals surface area contributed by atoms with Gasteiger partial charge in [-0.05, 0) is 57.8 Å². The number of allylic oxidation sites excluding steroid dienone is 5. The highest BCUT2D eigenvalue weighted by Crippen LogP contribution is 2.31. The molecule has 2 rings (SSSR count). The first-order valence-electron chi connectivity index (χ1n) is 11.3. The summed E-state index contributed by atoms with van der Waals surface area (Å²) in [6, 6.07) is 0. The Labute approximate surface area is 175 Å². The maximum absolute atomic E-state index is 10.7. The summed E-state index contributed by atoms with van der Waals surface area (Å²) < 4.78 is 6.17. The number of carboxylic acids is 1. The van der Waals surface area contributed by atoms with Crippen LogP contribution in [-0.2, 0) is 19.3 Å². The first kappa shape index (κ1) is 23.8. The van der Waals surface area contributed by atoms with E-state index in [9.17, 15) is 4.79 Å². The summed E-state index contributed by atoms with van der Waals surface area (Å²) in [6.07, 6.45) is 23.7. The number of hydrogen-bond acceptors (Lipinski definition) is 4. The van der Waals surface area contributed by atoms with E-state index >= 15 is 0 Å². The summed E-state index contributed by atoms with van der Waals surface area (Å²) in [6.45, 7) is 3.72. The molecule has 0 unspecified atom stereocenters. The van der Waals surface area contributed by atoms with E-state index in [1.54, 1.807) is 0 Å². The van der Waals surface area contributed by atoms with Crippen LogP contribution in [0.3, 0.4) is 0 Å². The molecule has 0 aromatic heterocycles. The molecule has 2 aliphatic rings. The van der Waals surface area contributed by atoms with Crippen molar-refractivity contribution in [1.29, 1.82) is 0 Å². The van der Waals surface area contributed by atoms with Crippen LogP contribution in [0.1, 0.15) is 83.5 Å². The van der Waals surface area contributed by atoms with Crippen molar-refractivity contribution >= 4 is 5.97 Å². The minimum absolute atomic E-state index is 0.00307. The minimum atomic E-state index is -0.846. The van der Waals surface area contributed by atoms with Crippen LogP contribution in [0.15, 0.2) is 37.0 Å². The van der Waals surface area contributed by atoms with Crippen molar-refractivity contribution in [1.82, 2.24) is 0 Å². The third kappa shape index (κ3) is 10.2. The van der Waals surface area contributed by atoms with Gasteiger partial charge in [-0.2, -0.15) is 0 Å². The standard InChI is InChI=1S/C24H38O5/c1-2-3-4-5-6-7-8-9-10-11-12-13-14-20-15-17-22(27-20)23-18-16-21(28-29-23)19-24(25)26/h2,5-8,20-23H,1,3-4,9-19H2,(H,25,26)/b6-5+,8-7-/t20-,21+,22+,23+/m1/s1. The molecule has 0 bridgehead atoms. The maximum Gasteiger partial charge on any atom is 0.306 e. The molecule has 29 heavy (non-hydrogen) atoms. The molecule has 5 nitrogen and oxygen atoms in total. The second kappa shape index (κ2) is 14.5. The molecule has 0 aliphatic carbocycles. The fraction of sp³-hybridized carbons (Fsp3) is 0.708. The van der Waals surface area contributed by atoms with Gasteiger partial charge >= 0.3 is 5.97 Å². The summed E-state index contributed by atoms with van der Waals surface area (Å²) in [5.74, 6) is -0.846. The highest BCUT2D eigenvalue weighted by molar-refractivity contribution is 5.67. The number of unbranched alkanes of at least 4 members (excludes halogenated alkanes) is 5. The second-order valence-corrected chi connectivity index (χ2v) is 8.12. The van der Waals surface area contributed by atoms with Gasteiger partial charge in [-0.1, -0.05) is 49.6 Å². The third-order valence-corrected chi connectivity index (χ3v) is 5.61. The molecule has 2 saturated heterocycles. The van der Waals surface area contributed by atoms with Crippen LogP contribution in [0.4, 0.5) is 0 Å². The van der Waals surface area contributed by atoms with Gasteiger partial charge in [0.15, 0.2) is 0 Å². The summed E-state index contributed by atoms with van der Waals surface area (Å²) in [7, 11) is 0. The predicted octanol–water partition coefficient (Wildman–Crippen LogP) is 5.91. The lowest BCUT2D eigenvalue weighted by molar-refractivity contribution is -0.385. The minimum Gasteiger partial charge on any atom is -0.481 e. The summed E-state index contributed by atoms with van der Waals surface area (Å²) >= 11 is 0. The Balaban J connectivity index is 1.46. The quantitative estimate of drug-likeness (QED) is 0.168. The lowest BCUT2D eigenvalue weighted by atomic mass is 10.0. The average molecular weight is 407 g/mol. The smallest absolute Gasteiger partial charge is 0.306 e. The number of carboxylic acid groups (broad SMARTS) is 1. The van der Waals surface area contributed by atoms with E-state index in [0.717, 1.165) is 51.4 Å². The van der Waals surface area contributed by atoms with Crippen LogP contribution in [-0.4, -0.2) is 35.5 Å². The molecule has 0 aromatic rings. The zero-order valence-electron chi connectivity index (χ0n) is 17.7. The third-order valence-electron chi connectivity index (χ3n) is 5.61. The number of rotatable bonds is 14. The Morgan fingerprint density at radius 3 is 2.31 bits per heavy atom. The van der Waals surface area contributed by atoms with Gasteiger partial charge in [0.2, 0.25) is 0 Å². The Hall–Kier alpha value is -1.43. The monoisotopic (exact) mass is 406 g/mol. The van der Waals surface area contributed by atoms with Crippen LogP contribution in [0, 0.1) is 0 Å². The topological polar surface area (TPSA) is 65.0 Å². The second-order valence-electron chi connectivity index (χ2n) is 8.12. The van der Waals surface area contributed by atoms with Crippen LogP contribution < -0.4 is 0 Å². The van der Waals surface area contributed by atoms with E-state index in [1.165, 1.54) is 25.7 Å². The van der Waals surface area contributed by atoms with Gasteiger partial charge < -0.3 is 9.84 Å². The van der Waals surface area contributed by atoms with Crippen LogP contribution >= 0.6 is 0 Å². The summed E-state index contributed by atoms with van der Waals surface area (Å²) in [5, 5.41) is 8.82. The fourth-order valence-electron chi connectivity index (χ4n) is 3.95. The predicted molar refractivity (Wildman–Crippen MR) is 115 cm³/mol. The molecule has 164 valence electrons. The molecule has 0 radical (unpaired) electrons. The summed E-state index contributed by atoms with van der Waals surface area (Å²) in [5.41, 5.74) is 0. The lowest BCUT2D eigenvalue weighted by Crippen LogP contribution is -2.37. The maximum atomic E-state index is 10.7. The molecule has 0 amide bonds. The van der Waals surface area contributed by atoms with Gasteiger partial charge in [-0.15, -0.1) is 6.58 Å². The molecule has 0 aromatic carbocycles. The fourth-order valence-corrected chi connectivity index (χ4v) is 3.95. The van der Waals surface area contributed by atoms with Crippen molar-refractivity contribution in [3.63, 3.8) is 0 Å². The van der Waals surface area contributed by atoms with Crippen LogP contribution in [0.2, 0.25) is 0 Å². The molecule has 5 heteroatoms. The van der Waals surface area contributed by atoms with Gasteiger partial charge in [0, 0.05) is 0 Å². The van der Waals surface area contributed by atoms with E-state index < -0.39 is 5.97 Å². The number of aliphatic carboxylic acids is 1. The van der Waals surface area contributed by atoms with E-state index in [-0.39, 0.29) is 24.7 Å². The van der Waals surface area contributed by atoms with Crippen molar-refractivity contribution in [2.75, 3.05) is 0 Å². The van der Waals surface area contributed by atoms with E-state index in [0.29, 0.717) is 6.10 Å². The van der Waals surface area contributed by atoms with Crippen LogP contribution in [0.5, 0.6) is 0 Å². The molecular weight excluding hydrogens is 368 g/mol. The highest BCUT2D eigenvalue weighted by atomic mass is 17.2. The molecule has 0 saturated carbocycles.